The maximum Gasteiger partial charge on any atom is 0.313 e. The van der Waals surface area contributed by atoms with Gasteiger partial charge in [0.15, 0.2) is 0 Å². The van der Waals surface area contributed by atoms with Crippen molar-refractivity contribution in [3.8, 4) is 12.1 Å². The van der Waals surface area contributed by atoms with Gasteiger partial charge in [-0.3, -0.25) is 9.59 Å². The lowest BCUT2D eigenvalue weighted by Crippen LogP contribution is -2.24. The molecule has 0 amide bonds. The first-order chi connectivity index (χ1) is 16.6. The standard InChI is InChI=1S/C26H24N2O3S4/c1-25(17-27,34-23(32)19-9-5-3-6-10-19)15-13-21(29)31-22(30)14-16-26(2,18-28)35-24(33)20-11-7-4-8-12-20/h3-12H,13-16H2,1-2H3. The zero-order chi connectivity index (χ0) is 25.9. The highest BCUT2D eigenvalue weighted by atomic mass is 32.2. The fourth-order valence-electron chi connectivity index (χ4n) is 2.85. The minimum Gasteiger partial charge on any atom is -0.393 e. The Labute approximate surface area is 225 Å². The molecule has 5 nitrogen and oxygen atoms in total. The molecular formula is C26H24N2O3S4. The van der Waals surface area contributed by atoms with Crippen molar-refractivity contribution in [2.24, 2.45) is 0 Å². The number of hydrogen-bond acceptors (Lipinski definition) is 9. The first-order valence-corrected chi connectivity index (χ1v) is 13.2. The summed E-state index contributed by atoms with van der Waals surface area (Å²) in [5.41, 5.74) is 1.66. The van der Waals surface area contributed by atoms with E-state index in [1.807, 2.05) is 60.7 Å². The van der Waals surface area contributed by atoms with Crippen molar-refractivity contribution in [3.63, 3.8) is 0 Å². The Bertz CT molecular complexity index is 1070. The molecule has 0 bridgehead atoms. The van der Waals surface area contributed by atoms with Crippen LogP contribution in [0.5, 0.6) is 0 Å². The van der Waals surface area contributed by atoms with Gasteiger partial charge in [-0.2, -0.15) is 10.5 Å². The fraction of sp³-hybridized carbons (Fsp3) is 0.308. The van der Waals surface area contributed by atoms with Crippen molar-refractivity contribution in [3.05, 3.63) is 71.8 Å². The van der Waals surface area contributed by atoms with E-state index >= 15 is 0 Å². The molecular weight excluding hydrogens is 517 g/mol. The van der Waals surface area contributed by atoms with Crippen LogP contribution in [0, 0.1) is 22.7 Å². The van der Waals surface area contributed by atoms with E-state index in [0.717, 1.165) is 11.1 Å². The van der Waals surface area contributed by atoms with E-state index in [2.05, 4.69) is 12.1 Å². The fourth-order valence-corrected chi connectivity index (χ4v) is 6.05. The van der Waals surface area contributed by atoms with E-state index in [9.17, 15) is 20.1 Å². The summed E-state index contributed by atoms with van der Waals surface area (Å²) in [7, 11) is 0. The van der Waals surface area contributed by atoms with Gasteiger partial charge in [0.25, 0.3) is 0 Å². The zero-order valence-electron chi connectivity index (χ0n) is 19.4. The molecule has 0 fully saturated rings. The molecule has 0 aliphatic heterocycles. The van der Waals surface area contributed by atoms with Crippen LogP contribution in [-0.4, -0.2) is 29.8 Å². The SMILES string of the molecule is CC(C#N)(CCC(=O)OC(=O)CCC(C)(C#N)SC(=S)c1ccccc1)SC(=S)c1ccccc1. The summed E-state index contributed by atoms with van der Waals surface area (Å²) >= 11 is 13.3. The summed E-state index contributed by atoms with van der Waals surface area (Å²) in [5, 5.41) is 19.3. The normalized spacial score (nSPS) is 13.8. The van der Waals surface area contributed by atoms with Gasteiger partial charge in [0.2, 0.25) is 0 Å². The zero-order valence-corrected chi connectivity index (χ0v) is 22.6. The Morgan fingerprint density at radius 3 is 1.43 bits per heavy atom. The maximum absolute atomic E-state index is 12.2. The van der Waals surface area contributed by atoms with Crippen LogP contribution in [-0.2, 0) is 14.3 Å². The molecule has 0 saturated heterocycles. The molecule has 0 heterocycles. The van der Waals surface area contributed by atoms with Gasteiger partial charge in [-0.25, -0.2) is 0 Å². The third-order valence-corrected chi connectivity index (χ3v) is 8.27. The van der Waals surface area contributed by atoms with Crippen molar-refractivity contribution < 1.29 is 14.3 Å². The highest BCUT2D eigenvalue weighted by Crippen LogP contribution is 2.34. The number of thioether (sulfide) groups is 2. The number of rotatable bonds is 10. The Kier molecular flexibility index (Phi) is 11.1. The van der Waals surface area contributed by atoms with Crippen LogP contribution in [0.3, 0.4) is 0 Å². The predicted octanol–water partition coefficient (Wildman–Crippen LogP) is 6.40. The lowest BCUT2D eigenvalue weighted by atomic mass is 10.1. The number of nitrogens with zero attached hydrogens (tertiary/aromatic N) is 2. The molecule has 0 radical (unpaired) electrons. The minimum atomic E-state index is -0.946. The molecule has 2 aromatic rings. The van der Waals surface area contributed by atoms with Gasteiger partial charge in [0, 0.05) is 12.8 Å². The number of carbonyl (C=O) groups is 2. The van der Waals surface area contributed by atoms with E-state index in [1.165, 1.54) is 23.5 Å². The summed E-state index contributed by atoms with van der Waals surface area (Å²) in [4.78, 5) is 24.5. The molecule has 0 spiro atoms. The largest absolute Gasteiger partial charge is 0.393 e. The van der Waals surface area contributed by atoms with E-state index < -0.39 is 21.4 Å². The van der Waals surface area contributed by atoms with Gasteiger partial charge >= 0.3 is 11.9 Å². The molecule has 2 rings (SSSR count). The number of esters is 2. The van der Waals surface area contributed by atoms with Crippen LogP contribution < -0.4 is 0 Å². The Morgan fingerprint density at radius 2 is 1.11 bits per heavy atom. The van der Waals surface area contributed by atoms with Crippen molar-refractivity contribution in [1.82, 2.24) is 0 Å². The number of carbonyl (C=O) groups excluding carboxylic acids is 2. The molecule has 180 valence electrons. The summed E-state index contributed by atoms with van der Waals surface area (Å²) in [6.07, 6.45) is 0.125. The Hall–Kier alpha value is -2.56. The molecule has 0 aromatic heterocycles. The molecule has 0 aliphatic carbocycles. The van der Waals surface area contributed by atoms with Crippen LogP contribution in [0.1, 0.15) is 50.7 Å². The van der Waals surface area contributed by atoms with Crippen LogP contribution >= 0.6 is 48.0 Å². The van der Waals surface area contributed by atoms with Gasteiger partial charge < -0.3 is 4.74 Å². The molecule has 0 saturated carbocycles. The summed E-state index contributed by atoms with van der Waals surface area (Å²) in [5.74, 6) is -1.43. The number of ether oxygens (including phenoxy) is 1. The van der Waals surface area contributed by atoms with Crippen LogP contribution in [0.25, 0.3) is 0 Å². The molecule has 2 atom stereocenters. The first kappa shape index (κ1) is 28.7. The van der Waals surface area contributed by atoms with Gasteiger partial charge in [0.1, 0.15) is 9.49 Å². The van der Waals surface area contributed by atoms with E-state index in [1.54, 1.807) is 13.8 Å². The van der Waals surface area contributed by atoms with Crippen LogP contribution in [0.15, 0.2) is 60.7 Å². The van der Waals surface area contributed by atoms with Crippen molar-refractivity contribution >= 4 is 68.3 Å². The third-order valence-electron chi connectivity index (χ3n) is 4.97. The first-order valence-electron chi connectivity index (χ1n) is 10.7. The Balaban J connectivity index is 1.83. The average Bonchev–Trinajstić information content (AvgIpc) is 2.87. The topological polar surface area (TPSA) is 90.9 Å². The van der Waals surface area contributed by atoms with Gasteiger partial charge in [-0.05, 0) is 37.8 Å². The van der Waals surface area contributed by atoms with Gasteiger partial charge in [0.05, 0.1) is 20.5 Å². The Morgan fingerprint density at radius 1 is 0.771 bits per heavy atom. The van der Waals surface area contributed by atoms with Crippen molar-refractivity contribution in [2.75, 3.05) is 0 Å². The quantitative estimate of drug-likeness (QED) is 0.193. The van der Waals surface area contributed by atoms with Gasteiger partial charge in [-0.15, -0.1) is 0 Å². The van der Waals surface area contributed by atoms with E-state index in [0.29, 0.717) is 8.39 Å². The predicted molar refractivity (Wildman–Crippen MR) is 149 cm³/mol. The van der Waals surface area contributed by atoms with E-state index in [4.69, 9.17) is 29.2 Å². The summed E-state index contributed by atoms with van der Waals surface area (Å²) < 4.78 is 4.15. The summed E-state index contributed by atoms with van der Waals surface area (Å²) in [6.45, 7) is 3.40. The third kappa shape index (κ3) is 9.54. The van der Waals surface area contributed by atoms with E-state index in [-0.39, 0.29) is 25.7 Å². The molecule has 9 heteroatoms. The molecule has 2 aromatic carbocycles. The second-order valence-corrected chi connectivity index (χ2v) is 12.4. The number of benzene rings is 2. The lowest BCUT2D eigenvalue weighted by molar-refractivity contribution is -0.159. The minimum absolute atomic E-state index is 0.109. The van der Waals surface area contributed by atoms with Crippen LogP contribution in [0.2, 0.25) is 0 Å². The summed E-state index contributed by atoms with van der Waals surface area (Å²) in [6, 6.07) is 23.1. The average molecular weight is 541 g/mol. The number of thiocarbonyl (C=S) groups is 2. The highest BCUT2D eigenvalue weighted by Gasteiger charge is 2.31. The maximum atomic E-state index is 12.2. The molecule has 0 N–H and O–H groups in total. The highest BCUT2D eigenvalue weighted by molar-refractivity contribution is 8.25. The monoisotopic (exact) mass is 540 g/mol. The molecule has 35 heavy (non-hydrogen) atoms. The van der Waals surface area contributed by atoms with Gasteiger partial charge in [-0.1, -0.05) is 109 Å². The second kappa shape index (κ2) is 13.5. The smallest absolute Gasteiger partial charge is 0.313 e. The van der Waals surface area contributed by atoms with Crippen LogP contribution in [0.4, 0.5) is 0 Å². The number of hydrogen-bond donors (Lipinski definition) is 0. The number of nitriles is 2. The molecule has 0 aliphatic rings. The molecule has 2 unspecified atom stereocenters. The van der Waals surface area contributed by atoms with Crippen molar-refractivity contribution in [1.29, 1.82) is 10.5 Å². The lowest BCUT2D eigenvalue weighted by Gasteiger charge is -2.21. The second-order valence-electron chi connectivity index (χ2n) is 8.04. The van der Waals surface area contributed by atoms with Crippen molar-refractivity contribution in [2.45, 2.75) is 49.0 Å².